The van der Waals surface area contributed by atoms with E-state index in [2.05, 4.69) is 6.58 Å². The van der Waals surface area contributed by atoms with Crippen LogP contribution in [0.5, 0.6) is 0 Å². The number of nitrogens with zero attached hydrogens (tertiary/aromatic N) is 1. The summed E-state index contributed by atoms with van der Waals surface area (Å²) < 4.78 is 4.89. The van der Waals surface area contributed by atoms with Crippen LogP contribution in [0, 0.1) is 17.8 Å². The zero-order valence-corrected chi connectivity index (χ0v) is 10.9. The molecule has 2 aliphatic rings. The molecule has 18 heavy (non-hydrogen) atoms. The van der Waals surface area contributed by atoms with Gasteiger partial charge in [0.05, 0.1) is 6.61 Å². The van der Waals surface area contributed by atoms with Gasteiger partial charge in [0.25, 0.3) is 0 Å². The standard InChI is InChI=1S/C14H21NO3/c1-3-5-15(9-13(16)18-4-2)14(17)12-7-10-6-11(10)8-12/h3,10-12H,1,4-9H2,2H3. The van der Waals surface area contributed by atoms with Crippen LogP contribution in [0.3, 0.4) is 0 Å². The van der Waals surface area contributed by atoms with Gasteiger partial charge in [0.1, 0.15) is 6.54 Å². The Kier molecular flexibility index (Phi) is 4.04. The Morgan fingerprint density at radius 3 is 2.56 bits per heavy atom. The fourth-order valence-corrected chi connectivity index (χ4v) is 2.93. The van der Waals surface area contributed by atoms with Gasteiger partial charge >= 0.3 is 5.97 Å². The number of carbonyl (C=O) groups is 2. The predicted molar refractivity (Wildman–Crippen MR) is 67.7 cm³/mol. The van der Waals surface area contributed by atoms with Crippen molar-refractivity contribution in [3.8, 4) is 0 Å². The molecule has 0 radical (unpaired) electrons. The molecule has 1 amide bonds. The maximum atomic E-state index is 12.3. The fourth-order valence-electron chi connectivity index (χ4n) is 2.93. The van der Waals surface area contributed by atoms with Crippen molar-refractivity contribution in [2.75, 3.05) is 19.7 Å². The number of fused-ring (bicyclic) bond motifs is 1. The van der Waals surface area contributed by atoms with Gasteiger partial charge < -0.3 is 9.64 Å². The lowest BCUT2D eigenvalue weighted by molar-refractivity contribution is -0.150. The molecule has 0 aromatic rings. The van der Waals surface area contributed by atoms with Gasteiger partial charge in [-0.15, -0.1) is 6.58 Å². The third-order valence-corrected chi connectivity index (χ3v) is 3.88. The van der Waals surface area contributed by atoms with Crippen LogP contribution in [0.25, 0.3) is 0 Å². The second-order valence-electron chi connectivity index (χ2n) is 5.24. The van der Waals surface area contributed by atoms with Gasteiger partial charge in [-0.3, -0.25) is 9.59 Å². The van der Waals surface area contributed by atoms with E-state index in [0.717, 1.165) is 24.7 Å². The summed E-state index contributed by atoms with van der Waals surface area (Å²) in [6, 6.07) is 0. The van der Waals surface area contributed by atoms with Crippen LogP contribution in [0.15, 0.2) is 12.7 Å². The highest BCUT2D eigenvalue weighted by Gasteiger charge is 2.48. The third kappa shape index (κ3) is 2.92. The minimum atomic E-state index is -0.337. The Bertz CT molecular complexity index is 343. The maximum Gasteiger partial charge on any atom is 0.325 e. The average molecular weight is 251 g/mol. The highest BCUT2D eigenvalue weighted by molar-refractivity contribution is 5.84. The SMILES string of the molecule is C=CCN(CC(=O)OCC)C(=O)C1CC2CC2C1. The minimum absolute atomic E-state index is 0.0462. The summed E-state index contributed by atoms with van der Waals surface area (Å²) in [5, 5.41) is 0. The summed E-state index contributed by atoms with van der Waals surface area (Å²) in [6.07, 6.45) is 4.95. The molecule has 100 valence electrons. The highest BCUT2D eigenvalue weighted by atomic mass is 16.5. The second-order valence-corrected chi connectivity index (χ2v) is 5.24. The van der Waals surface area contributed by atoms with Crippen molar-refractivity contribution in [3.63, 3.8) is 0 Å². The molecule has 0 aromatic carbocycles. The number of ether oxygens (including phenoxy) is 1. The quantitative estimate of drug-likeness (QED) is 0.532. The van der Waals surface area contributed by atoms with Gasteiger partial charge in [-0.1, -0.05) is 6.08 Å². The number of rotatable bonds is 6. The molecule has 0 heterocycles. The summed E-state index contributed by atoms with van der Waals surface area (Å²) >= 11 is 0. The lowest BCUT2D eigenvalue weighted by atomic mass is 10.0. The fraction of sp³-hybridized carbons (Fsp3) is 0.714. The number of amides is 1. The Morgan fingerprint density at radius 1 is 1.33 bits per heavy atom. The zero-order chi connectivity index (χ0) is 13.1. The van der Waals surface area contributed by atoms with E-state index >= 15 is 0 Å². The molecule has 4 nitrogen and oxygen atoms in total. The average Bonchev–Trinajstić information content (AvgIpc) is 2.95. The number of esters is 1. The minimum Gasteiger partial charge on any atom is -0.465 e. The monoisotopic (exact) mass is 251 g/mol. The molecular weight excluding hydrogens is 230 g/mol. The van der Waals surface area contributed by atoms with Gasteiger partial charge in [0.15, 0.2) is 0 Å². The molecular formula is C14H21NO3. The molecule has 2 atom stereocenters. The van der Waals surface area contributed by atoms with Crippen LogP contribution >= 0.6 is 0 Å². The summed E-state index contributed by atoms with van der Waals surface area (Å²) in [5.41, 5.74) is 0. The van der Waals surface area contributed by atoms with E-state index in [0.29, 0.717) is 13.2 Å². The van der Waals surface area contributed by atoms with Crippen LogP contribution in [0.4, 0.5) is 0 Å². The second kappa shape index (κ2) is 5.55. The Labute approximate surface area is 108 Å². The van der Waals surface area contributed by atoms with Crippen molar-refractivity contribution in [2.45, 2.75) is 26.2 Å². The molecule has 0 bridgehead atoms. The van der Waals surface area contributed by atoms with Crippen molar-refractivity contribution >= 4 is 11.9 Å². The molecule has 0 spiro atoms. The Hall–Kier alpha value is -1.32. The number of carbonyl (C=O) groups excluding carboxylic acids is 2. The Balaban J connectivity index is 1.89. The summed E-state index contributed by atoms with van der Waals surface area (Å²) in [7, 11) is 0. The van der Waals surface area contributed by atoms with E-state index in [1.807, 2.05) is 0 Å². The molecule has 0 aliphatic heterocycles. The van der Waals surface area contributed by atoms with E-state index in [9.17, 15) is 9.59 Å². The van der Waals surface area contributed by atoms with E-state index in [1.165, 1.54) is 6.42 Å². The van der Waals surface area contributed by atoms with Crippen molar-refractivity contribution in [1.82, 2.24) is 4.90 Å². The zero-order valence-electron chi connectivity index (χ0n) is 10.9. The first-order chi connectivity index (χ1) is 8.65. The normalized spacial score (nSPS) is 28.4. The smallest absolute Gasteiger partial charge is 0.325 e. The summed E-state index contributed by atoms with van der Waals surface area (Å²) in [6.45, 7) is 6.22. The van der Waals surface area contributed by atoms with Gasteiger partial charge in [-0.05, 0) is 38.0 Å². The summed E-state index contributed by atoms with van der Waals surface area (Å²) in [4.78, 5) is 25.4. The maximum absolute atomic E-state index is 12.3. The van der Waals surface area contributed by atoms with Crippen molar-refractivity contribution in [1.29, 1.82) is 0 Å². The van der Waals surface area contributed by atoms with Crippen molar-refractivity contribution in [2.24, 2.45) is 17.8 Å². The molecule has 2 saturated carbocycles. The van der Waals surface area contributed by atoms with Crippen molar-refractivity contribution < 1.29 is 14.3 Å². The largest absolute Gasteiger partial charge is 0.465 e. The predicted octanol–water partition coefficient (Wildman–Crippen LogP) is 1.61. The summed E-state index contributed by atoms with van der Waals surface area (Å²) in [5.74, 6) is 1.41. The van der Waals surface area contributed by atoms with Crippen LogP contribution < -0.4 is 0 Å². The lowest BCUT2D eigenvalue weighted by Gasteiger charge is -2.24. The van der Waals surface area contributed by atoms with Crippen LogP contribution in [-0.2, 0) is 14.3 Å². The van der Waals surface area contributed by atoms with Gasteiger partial charge in [0, 0.05) is 12.5 Å². The van der Waals surface area contributed by atoms with Gasteiger partial charge in [-0.2, -0.15) is 0 Å². The molecule has 0 saturated heterocycles. The topological polar surface area (TPSA) is 46.6 Å². The molecule has 2 unspecified atom stereocenters. The lowest BCUT2D eigenvalue weighted by Crippen LogP contribution is -2.40. The molecule has 2 aliphatic carbocycles. The third-order valence-electron chi connectivity index (χ3n) is 3.88. The van der Waals surface area contributed by atoms with Crippen LogP contribution in [-0.4, -0.2) is 36.5 Å². The van der Waals surface area contributed by atoms with E-state index in [-0.39, 0.29) is 24.3 Å². The molecule has 2 fully saturated rings. The van der Waals surface area contributed by atoms with Gasteiger partial charge in [-0.25, -0.2) is 0 Å². The molecule has 0 N–H and O–H groups in total. The first kappa shape index (κ1) is 13.1. The first-order valence-electron chi connectivity index (χ1n) is 6.71. The van der Waals surface area contributed by atoms with Crippen LogP contribution in [0.1, 0.15) is 26.2 Å². The van der Waals surface area contributed by atoms with Gasteiger partial charge in [0.2, 0.25) is 5.91 Å². The van der Waals surface area contributed by atoms with E-state index < -0.39 is 0 Å². The van der Waals surface area contributed by atoms with Crippen LogP contribution in [0.2, 0.25) is 0 Å². The van der Waals surface area contributed by atoms with Crippen molar-refractivity contribution in [3.05, 3.63) is 12.7 Å². The van der Waals surface area contributed by atoms with E-state index in [4.69, 9.17) is 4.74 Å². The number of hydrogen-bond acceptors (Lipinski definition) is 3. The molecule has 4 heteroatoms. The number of hydrogen-bond donors (Lipinski definition) is 0. The van der Waals surface area contributed by atoms with E-state index in [1.54, 1.807) is 17.9 Å². The molecule has 2 rings (SSSR count). The molecule has 0 aromatic heterocycles. The first-order valence-corrected chi connectivity index (χ1v) is 6.71. The Morgan fingerprint density at radius 2 is 2.00 bits per heavy atom. The highest BCUT2D eigenvalue weighted by Crippen LogP contribution is 2.54.